The fraction of sp³-hybridized carbons (Fsp3) is 0.882. The molecule has 1 heteroatoms. The maximum absolute atomic E-state index is 4.07. The third-order valence-electron chi connectivity index (χ3n) is 4.72. The molecule has 1 aliphatic rings. The summed E-state index contributed by atoms with van der Waals surface area (Å²) >= 11 is 0. The summed E-state index contributed by atoms with van der Waals surface area (Å²) in [5, 5.41) is 3.56. The summed E-state index contributed by atoms with van der Waals surface area (Å²) in [4.78, 5) is 0. The minimum absolute atomic E-state index is 0.859. The lowest BCUT2D eigenvalue weighted by Crippen LogP contribution is -2.34. The first-order valence-corrected chi connectivity index (χ1v) is 7.89. The van der Waals surface area contributed by atoms with Crippen LogP contribution in [0.2, 0.25) is 0 Å². The zero-order valence-electron chi connectivity index (χ0n) is 13.0. The number of nitrogens with one attached hydrogen (secondary N) is 1. The van der Waals surface area contributed by atoms with E-state index >= 15 is 0 Å². The molecule has 1 nitrogen and oxygen atoms in total. The lowest BCUT2D eigenvalue weighted by atomic mass is 9.69. The van der Waals surface area contributed by atoms with Crippen LogP contribution in [0, 0.1) is 23.7 Å². The smallest absolute Gasteiger partial charge is 0.00180 e. The van der Waals surface area contributed by atoms with Crippen molar-refractivity contribution in [1.29, 1.82) is 0 Å². The third kappa shape index (κ3) is 5.14. The van der Waals surface area contributed by atoms with E-state index in [0.29, 0.717) is 0 Å². The average molecular weight is 251 g/mol. The molecule has 3 unspecified atom stereocenters. The van der Waals surface area contributed by atoms with Crippen molar-refractivity contribution in [1.82, 2.24) is 5.32 Å². The van der Waals surface area contributed by atoms with Crippen molar-refractivity contribution in [2.45, 2.75) is 59.8 Å². The molecular weight excluding hydrogens is 218 g/mol. The van der Waals surface area contributed by atoms with Crippen LogP contribution < -0.4 is 5.32 Å². The molecule has 0 saturated heterocycles. The standard InChI is InChI=1S/C17H33N/c1-6-18-12-17-10-9-15(14(4)5)11-16(17)8-7-13(2)3/h14-18H,2,6-12H2,1,3-5H3. The van der Waals surface area contributed by atoms with Crippen LogP contribution in [0.3, 0.4) is 0 Å². The van der Waals surface area contributed by atoms with Gasteiger partial charge in [-0.2, -0.15) is 0 Å². The van der Waals surface area contributed by atoms with Crippen molar-refractivity contribution in [3.63, 3.8) is 0 Å². The van der Waals surface area contributed by atoms with Crippen LogP contribution in [0.4, 0.5) is 0 Å². The van der Waals surface area contributed by atoms with E-state index in [-0.39, 0.29) is 0 Å². The van der Waals surface area contributed by atoms with Gasteiger partial charge in [0, 0.05) is 0 Å². The van der Waals surface area contributed by atoms with Crippen molar-refractivity contribution >= 4 is 0 Å². The first-order chi connectivity index (χ1) is 8.54. The van der Waals surface area contributed by atoms with Gasteiger partial charge >= 0.3 is 0 Å². The molecule has 1 fully saturated rings. The quantitative estimate of drug-likeness (QED) is 0.650. The van der Waals surface area contributed by atoms with Crippen molar-refractivity contribution in [2.75, 3.05) is 13.1 Å². The highest BCUT2D eigenvalue weighted by molar-refractivity contribution is 4.91. The van der Waals surface area contributed by atoms with Crippen molar-refractivity contribution in [3.05, 3.63) is 12.2 Å². The molecular formula is C17H33N. The van der Waals surface area contributed by atoms with E-state index in [1.165, 1.54) is 44.2 Å². The van der Waals surface area contributed by atoms with Gasteiger partial charge in [0.05, 0.1) is 0 Å². The molecule has 0 aliphatic heterocycles. The molecule has 0 bridgehead atoms. The maximum Gasteiger partial charge on any atom is -0.00180 e. The number of hydrogen-bond acceptors (Lipinski definition) is 1. The summed E-state index contributed by atoms with van der Waals surface area (Å²) in [5.41, 5.74) is 1.35. The number of rotatable bonds is 7. The van der Waals surface area contributed by atoms with Gasteiger partial charge < -0.3 is 5.32 Å². The van der Waals surface area contributed by atoms with E-state index in [2.05, 4.69) is 39.6 Å². The van der Waals surface area contributed by atoms with Crippen LogP contribution in [0.5, 0.6) is 0 Å². The highest BCUT2D eigenvalue weighted by Crippen LogP contribution is 2.39. The highest BCUT2D eigenvalue weighted by atomic mass is 14.8. The predicted molar refractivity (Wildman–Crippen MR) is 81.8 cm³/mol. The molecule has 1 saturated carbocycles. The average Bonchev–Trinajstić information content (AvgIpc) is 2.33. The zero-order chi connectivity index (χ0) is 13.5. The van der Waals surface area contributed by atoms with Crippen LogP contribution in [0.25, 0.3) is 0 Å². The van der Waals surface area contributed by atoms with Gasteiger partial charge in [-0.15, -0.1) is 6.58 Å². The van der Waals surface area contributed by atoms with Gasteiger partial charge in [0.2, 0.25) is 0 Å². The molecule has 0 amide bonds. The Hall–Kier alpha value is -0.300. The Bertz CT molecular complexity index is 244. The van der Waals surface area contributed by atoms with Gasteiger partial charge in [-0.25, -0.2) is 0 Å². The molecule has 3 atom stereocenters. The molecule has 0 heterocycles. The molecule has 1 N–H and O–H groups in total. The Kier molecular flexibility index (Phi) is 6.99. The van der Waals surface area contributed by atoms with Crippen LogP contribution >= 0.6 is 0 Å². The minimum Gasteiger partial charge on any atom is -0.317 e. The monoisotopic (exact) mass is 251 g/mol. The Morgan fingerprint density at radius 1 is 1.28 bits per heavy atom. The van der Waals surface area contributed by atoms with Crippen molar-refractivity contribution in [2.24, 2.45) is 23.7 Å². The lowest BCUT2D eigenvalue weighted by Gasteiger charge is -2.38. The van der Waals surface area contributed by atoms with E-state index in [9.17, 15) is 0 Å². The van der Waals surface area contributed by atoms with E-state index in [4.69, 9.17) is 0 Å². The van der Waals surface area contributed by atoms with E-state index in [1.807, 2.05) is 0 Å². The van der Waals surface area contributed by atoms with E-state index in [1.54, 1.807) is 0 Å². The van der Waals surface area contributed by atoms with Crippen LogP contribution in [-0.2, 0) is 0 Å². The van der Waals surface area contributed by atoms with Gasteiger partial charge in [0.15, 0.2) is 0 Å². The molecule has 0 spiro atoms. The number of allylic oxidation sites excluding steroid dienone is 1. The van der Waals surface area contributed by atoms with Crippen LogP contribution in [0.1, 0.15) is 59.8 Å². The summed E-state index contributed by atoms with van der Waals surface area (Å²) < 4.78 is 0. The minimum atomic E-state index is 0.859. The maximum atomic E-state index is 4.07. The van der Waals surface area contributed by atoms with Gasteiger partial charge in [0.25, 0.3) is 0 Å². The zero-order valence-corrected chi connectivity index (χ0v) is 13.0. The molecule has 0 aromatic carbocycles. The molecule has 0 aromatic heterocycles. The van der Waals surface area contributed by atoms with Gasteiger partial charge in [-0.1, -0.05) is 26.3 Å². The van der Waals surface area contributed by atoms with Gasteiger partial charge in [0.1, 0.15) is 0 Å². The second-order valence-corrected chi connectivity index (χ2v) is 6.64. The summed E-state index contributed by atoms with van der Waals surface area (Å²) in [5.74, 6) is 3.64. The Morgan fingerprint density at radius 3 is 2.56 bits per heavy atom. The Balaban J connectivity index is 2.51. The third-order valence-corrected chi connectivity index (χ3v) is 4.72. The highest BCUT2D eigenvalue weighted by Gasteiger charge is 2.30. The van der Waals surface area contributed by atoms with E-state index in [0.717, 1.165) is 30.2 Å². The fourth-order valence-electron chi connectivity index (χ4n) is 3.35. The second kappa shape index (κ2) is 7.99. The SMILES string of the molecule is C=C(C)CCC1CC(C(C)C)CCC1CNCC. The van der Waals surface area contributed by atoms with Crippen LogP contribution in [0.15, 0.2) is 12.2 Å². The molecule has 1 aliphatic carbocycles. The first kappa shape index (κ1) is 15.8. The lowest BCUT2D eigenvalue weighted by molar-refractivity contribution is 0.138. The Labute approximate surface area is 114 Å². The normalized spacial score (nSPS) is 28.6. The van der Waals surface area contributed by atoms with Gasteiger partial charge in [-0.05, 0) is 75.8 Å². The van der Waals surface area contributed by atoms with Crippen LogP contribution in [-0.4, -0.2) is 13.1 Å². The second-order valence-electron chi connectivity index (χ2n) is 6.64. The van der Waals surface area contributed by atoms with Crippen molar-refractivity contribution in [3.8, 4) is 0 Å². The summed E-state index contributed by atoms with van der Waals surface area (Å²) in [7, 11) is 0. The molecule has 18 heavy (non-hydrogen) atoms. The topological polar surface area (TPSA) is 12.0 Å². The fourth-order valence-corrected chi connectivity index (χ4v) is 3.35. The van der Waals surface area contributed by atoms with E-state index < -0.39 is 0 Å². The number of hydrogen-bond donors (Lipinski definition) is 1. The predicted octanol–water partition coefficient (Wildman–Crippen LogP) is 4.64. The molecule has 0 aromatic rings. The van der Waals surface area contributed by atoms with Crippen molar-refractivity contribution < 1.29 is 0 Å². The largest absolute Gasteiger partial charge is 0.317 e. The molecule has 106 valence electrons. The summed E-state index contributed by atoms with van der Waals surface area (Å²) in [6, 6.07) is 0. The molecule has 1 rings (SSSR count). The summed E-state index contributed by atoms with van der Waals surface area (Å²) in [6.45, 7) is 15.6. The first-order valence-electron chi connectivity index (χ1n) is 7.89. The Morgan fingerprint density at radius 2 is 2.00 bits per heavy atom. The summed E-state index contributed by atoms with van der Waals surface area (Å²) in [6.07, 6.45) is 6.89. The van der Waals surface area contributed by atoms with Gasteiger partial charge in [-0.3, -0.25) is 0 Å². The molecule has 0 radical (unpaired) electrons.